The fourth-order valence-corrected chi connectivity index (χ4v) is 5.59. The van der Waals surface area contributed by atoms with Gasteiger partial charge < -0.3 is 14.5 Å². The number of likely N-dealkylation sites (tertiary alicyclic amines) is 2. The number of aryl methyl sites for hydroxylation is 1. The van der Waals surface area contributed by atoms with E-state index in [4.69, 9.17) is 4.74 Å². The van der Waals surface area contributed by atoms with Crippen molar-refractivity contribution < 1.29 is 18.7 Å². The maximum Gasteiger partial charge on any atom is 0.410 e. The molecule has 2 aliphatic heterocycles. The van der Waals surface area contributed by atoms with Crippen LogP contribution in [0.5, 0.6) is 0 Å². The predicted octanol–water partition coefficient (Wildman–Crippen LogP) is 6.06. The smallest absolute Gasteiger partial charge is 0.410 e. The Hall–Kier alpha value is -3.68. The van der Waals surface area contributed by atoms with E-state index in [0.717, 1.165) is 12.1 Å². The zero-order chi connectivity index (χ0) is 27.7. The minimum Gasteiger partial charge on any atom is -0.444 e. The van der Waals surface area contributed by atoms with Crippen LogP contribution in [0.1, 0.15) is 79.0 Å². The SMILES string of the molecule is Cc1ccc([C@@H]2CCN(C(=O)c3cnn(-c4ccc(F)cc4)c3C3CCN(C(=O)OC(C)(C)C)CC3)C2)cc1. The summed E-state index contributed by atoms with van der Waals surface area (Å²) in [7, 11) is 0. The maximum atomic E-state index is 13.9. The number of carbonyl (C=O) groups is 2. The molecule has 5 rings (SSSR count). The molecule has 0 unspecified atom stereocenters. The molecular formula is C31H37FN4O3. The molecule has 0 saturated carbocycles. The number of hydrogen-bond donors (Lipinski definition) is 0. The molecule has 2 fully saturated rings. The summed E-state index contributed by atoms with van der Waals surface area (Å²) in [6.45, 7) is 10.1. The molecule has 0 spiro atoms. The Morgan fingerprint density at radius 2 is 1.51 bits per heavy atom. The molecule has 1 aromatic heterocycles. The fourth-order valence-electron chi connectivity index (χ4n) is 5.59. The first-order valence-corrected chi connectivity index (χ1v) is 13.8. The van der Waals surface area contributed by atoms with Crippen molar-refractivity contribution in [2.75, 3.05) is 26.2 Å². The molecular weight excluding hydrogens is 495 g/mol. The number of ether oxygens (including phenoxy) is 1. The van der Waals surface area contributed by atoms with E-state index in [-0.39, 0.29) is 23.7 Å². The lowest BCUT2D eigenvalue weighted by Crippen LogP contribution is -2.41. The van der Waals surface area contributed by atoms with E-state index in [1.165, 1.54) is 23.3 Å². The summed E-state index contributed by atoms with van der Waals surface area (Å²) in [5, 5.41) is 4.61. The molecule has 0 radical (unpaired) electrons. The first kappa shape index (κ1) is 26.9. The van der Waals surface area contributed by atoms with Gasteiger partial charge in [0.2, 0.25) is 0 Å². The highest BCUT2D eigenvalue weighted by atomic mass is 19.1. The first-order chi connectivity index (χ1) is 18.6. The Kier molecular flexibility index (Phi) is 7.47. The number of benzene rings is 2. The van der Waals surface area contributed by atoms with Crippen molar-refractivity contribution in [1.29, 1.82) is 0 Å². The third-order valence-electron chi connectivity index (χ3n) is 7.67. The van der Waals surface area contributed by atoms with Crippen molar-refractivity contribution in [2.24, 2.45) is 0 Å². The van der Waals surface area contributed by atoms with Gasteiger partial charge in [0.25, 0.3) is 5.91 Å². The quantitative estimate of drug-likeness (QED) is 0.409. The van der Waals surface area contributed by atoms with Crippen molar-refractivity contribution in [3.63, 3.8) is 0 Å². The van der Waals surface area contributed by atoms with Gasteiger partial charge in [0, 0.05) is 38.0 Å². The number of hydrogen-bond acceptors (Lipinski definition) is 4. The summed E-state index contributed by atoms with van der Waals surface area (Å²) in [6, 6.07) is 14.7. The maximum absolute atomic E-state index is 13.9. The molecule has 2 amide bonds. The summed E-state index contributed by atoms with van der Waals surface area (Å²) >= 11 is 0. The Morgan fingerprint density at radius 3 is 2.15 bits per heavy atom. The van der Waals surface area contributed by atoms with Crippen molar-refractivity contribution >= 4 is 12.0 Å². The van der Waals surface area contributed by atoms with Gasteiger partial charge in [-0.1, -0.05) is 29.8 Å². The summed E-state index contributed by atoms with van der Waals surface area (Å²) in [4.78, 5) is 30.2. The second kappa shape index (κ2) is 10.8. The van der Waals surface area contributed by atoms with Crippen LogP contribution in [-0.2, 0) is 4.74 Å². The van der Waals surface area contributed by atoms with Crippen LogP contribution in [0, 0.1) is 12.7 Å². The van der Waals surface area contributed by atoms with Gasteiger partial charge in [0.05, 0.1) is 23.1 Å². The van der Waals surface area contributed by atoms with Gasteiger partial charge in [-0.15, -0.1) is 0 Å². The van der Waals surface area contributed by atoms with Gasteiger partial charge in [0.15, 0.2) is 0 Å². The van der Waals surface area contributed by atoms with Gasteiger partial charge in [0.1, 0.15) is 11.4 Å². The summed E-state index contributed by atoms with van der Waals surface area (Å²) < 4.78 is 21.0. The van der Waals surface area contributed by atoms with E-state index < -0.39 is 5.60 Å². The molecule has 1 atom stereocenters. The molecule has 7 nitrogen and oxygen atoms in total. The van der Waals surface area contributed by atoms with E-state index in [1.807, 2.05) is 25.7 Å². The molecule has 2 saturated heterocycles. The summed E-state index contributed by atoms with van der Waals surface area (Å²) in [5.41, 5.74) is 4.04. The van der Waals surface area contributed by atoms with E-state index in [2.05, 4.69) is 36.3 Å². The monoisotopic (exact) mass is 532 g/mol. The van der Waals surface area contributed by atoms with Gasteiger partial charge in [-0.3, -0.25) is 4.79 Å². The van der Waals surface area contributed by atoms with E-state index in [1.54, 1.807) is 27.9 Å². The average molecular weight is 533 g/mol. The molecule has 0 bridgehead atoms. The Labute approximate surface area is 229 Å². The van der Waals surface area contributed by atoms with Crippen molar-refractivity contribution in [3.05, 3.63) is 82.9 Å². The van der Waals surface area contributed by atoms with Crippen molar-refractivity contribution in [3.8, 4) is 5.69 Å². The minimum absolute atomic E-state index is 0.0192. The summed E-state index contributed by atoms with van der Waals surface area (Å²) in [5.74, 6) is -0.0240. The second-order valence-electron chi connectivity index (χ2n) is 11.7. The number of rotatable bonds is 4. The van der Waals surface area contributed by atoms with Gasteiger partial charge >= 0.3 is 6.09 Å². The number of aromatic nitrogens is 2. The van der Waals surface area contributed by atoms with E-state index >= 15 is 0 Å². The zero-order valence-electron chi connectivity index (χ0n) is 23.2. The lowest BCUT2D eigenvalue weighted by Gasteiger charge is -2.34. The Balaban J connectivity index is 1.39. The third-order valence-corrected chi connectivity index (χ3v) is 7.67. The number of halogens is 1. The minimum atomic E-state index is -0.555. The van der Waals surface area contributed by atoms with E-state index in [9.17, 15) is 14.0 Å². The first-order valence-electron chi connectivity index (χ1n) is 13.8. The van der Waals surface area contributed by atoms with Gasteiger partial charge in [-0.05, 0) is 76.8 Å². The molecule has 206 valence electrons. The van der Waals surface area contributed by atoms with Crippen molar-refractivity contribution in [2.45, 2.75) is 64.4 Å². The standard InChI is InChI=1S/C31H37FN4O3/c1-21-5-7-22(8-6-21)24-15-18-35(20-24)29(37)27-19-33-36(26-11-9-25(32)10-12-26)28(27)23-13-16-34(17-14-23)30(38)39-31(2,3)4/h5-12,19,23-24H,13-18,20H2,1-4H3/t24-/m1/s1. The highest BCUT2D eigenvalue weighted by Gasteiger charge is 2.35. The molecule has 0 N–H and O–H groups in total. The summed E-state index contributed by atoms with van der Waals surface area (Å²) in [6.07, 6.45) is 3.62. The van der Waals surface area contributed by atoms with Crippen molar-refractivity contribution in [1.82, 2.24) is 19.6 Å². The Bertz CT molecular complexity index is 1320. The van der Waals surface area contributed by atoms with Crippen LogP contribution in [0.4, 0.5) is 9.18 Å². The highest BCUT2D eigenvalue weighted by molar-refractivity contribution is 5.95. The predicted molar refractivity (Wildman–Crippen MR) is 148 cm³/mol. The second-order valence-corrected chi connectivity index (χ2v) is 11.7. The molecule has 8 heteroatoms. The molecule has 3 aromatic rings. The molecule has 3 heterocycles. The number of amides is 2. The topological polar surface area (TPSA) is 67.7 Å². The van der Waals surface area contributed by atoms with Gasteiger partial charge in [-0.25, -0.2) is 13.9 Å². The normalized spacial score (nSPS) is 18.4. The van der Waals surface area contributed by atoms with Crippen LogP contribution in [-0.4, -0.2) is 63.4 Å². The van der Waals surface area contributed by atoms with Crippen LogP contribution in [0.3, 0.4) is 0 Å². The highest BCUT2D eigenvalue weighted by Crippen LogP contribution is 2.35. The number of piperidine rings is 1. The molecule has 0 aliphatic carbocycles. The fraction of sp³-hybridized carbons (Fsp3) is 0.452. The van der Waals surface area contributed by atoms with Crippen LogP contribution < -0.4 is 0 Å². The zero-order valence-corrected chi connectivity index (χ0v) is 23.2. The van der Waals surface area contributed by atoms with Gasteiger partial charge in [-0.2, -0.15) is 5.10 Å². The largest absolute Gasteiger partial charge is 0.444 e. The average Bonchev–Trinajstić information content (AvgIpc) is 3.57. The van der Waals surface area contributed by atoms with Crippen LogP contribution in [0.15, 0.2) is 54.7 Å². The lowest BCUT2D eigenvalue weighted by molar-refractivity contribution is 0.0203. The van der Waals surface area contributed by atoms with Crippen LogP contribution in [0.2, 0.25) is 0 Å². The van der Waals surface area contributed by atoms with Crippen LogP contribution >= 0.6 is 0 Å². The number of carbonyl (C=O) groups excluding carboxylic acids is 2. The lowest BCUT2D eigenvalue weighted by atomic mass is 9.90. The molecule has 2 aromatic carbocycles. The van der Waals surface area contributed by atoms with Crippen LogP contribution in [0.25, 0.3) is 5.69 Å². The molecule has 39 heavy (non-hydrogen) atoms. The Morgan fingerprint density at radius 1 is 0.897 bits per heavy atom. The van der Waals surface area contributed by atoms with E-state index in [0.29, 0.717) is 56.2 Å². The third kappa shape index (κ3) is 6.00. The number of nitrogens with zero attached hydrogens (tertiary/aromatic N) is 4. The molecule has 2 aliphatic rings.